The third-order valence-corrected chi connectivity index (χ3v) is 3.80. The van der Waals surface area contributed by atoms with Crippen LogP contribution in [-0.2, 0) is 0 Å². The van der Waals surface area contributed by atoms with E-state index in [1.165, 1.54) is 6.07 Å². The van der Waals surface area contributed by atoms with Gasteiger partial charge < -0.3 is 10.1 Å². The minimum Gasteiger partial charge on any atom is -0.496 e. The van der Waals surface area contributed by atoms with Crippen LogP contribution in [0.4, 0.5) is 10.1 Å². The highest BCUT2D eigenvalue weighted by atomic mass is 19.1. The van der Waals surface area contributed by atoms with Gasteiger partial charge in [-0.15, -0.1) is 0 Å². The zero-order valence-corrected chi connectivity index (χ0v) is 13.0. The second-order valence-electron chi connectivity index (χ2n) is 5.25. The Morgan fingerprint density at radius 3 is 2.57 bits per heavy atom. The van der Waals surface area contributed by atoms with Crippen molar-refractivity contribution in [3.63, 3.8) is 0 Å². The summed E-state index contributed by atoms with van der Waals surface area (Å²) in [5, 5.41) is 3.50. The quantitative estimate of drug-likeness (QED) is 0.834. The molecule has 21 heavy (non-hydrogen) atoms. The fourth-order valence-electron chi connectivity index (χ4n) is 2.63. The van der Waals surface area contributed by atoms with Crippen LogP contribution in [0, 0.1) is 19.7 Å². The Bertz CT molecular complexity index is 625. The van der Waals surface area contributed by atoms with Gasteiger partial charge in [0, 0.05) is 11.3 Å². The minimum atomic E-state index is -0.203. The average molecular weight is 287 g/mol. The largest absolute Gasteiger partial charge is 0.496 e. The second-order valence-corrected chi connectivity index (χ2v) is 5.25. The maximum atomic E-state index is 13.4. The van der Waals surface area contributed by atoms with Crippen LogP contribution in [0.15, 0.2) is 36.4 Å². The van der Waals surface area contributed by atoms with Gasteiger partial charge in [-0.25, -0.2) is 4.39 Å². The Balaban J connectivity index is 2.31. The van der Waals surface area contributed by atoms with Gasteiger partial charge in [-0.2, -0.15) is 0 Å². The van der Waals surface area contributed by atoms with Crippen molar-refractivity contribution >= 4 is 5.69 Å². The van der Waals surface area contributed by atoms with Crippen molar-refractivity contribution < 1.29 is 9.13 Å². The van der Waals surface area contributed by atoms with E-state index >= 15 is 0 Å². The first-order chi connectivity index (χ1) is 10.1. The van der Waals surface area contributed by atoms with E-state index in [9.17, 15) is 4.39 Å². The maximum Gasteiger partial charge on any atom is 0.126 e. The number of halogens is 1. The highest BCUT2D eigenvalue weighted by molar-refractivity contribution is 5.60. The molecule has 2 rings (SSSR count). The summed E-state index contributed by atoms with van der Waals surface area (Å²) in [6.07, 6.45) is 0.874. The molecule has 0 radical (unpaired) electrons. The summed E-state index contributed by atoms with van der Waals surface area (Å²) in [7, 11) is 1.68. The fraction of sp³-hybridized carbons (Fsp3) is 0.333. The van der Waals surface area contributed by atoms with Crippen LogP contribution in [0.25, 0.3) is 0 Å². The first kappa shape index (κ1) is 15.4. The first-order valence-corrected chi connectivity index (χ1v) is 7.23. The molecule has 3 heteroatoms. The third-order valence-electron chi connectivity index (χ3n) is 3.80. The predicted octanol–water partition coefficient (Wildman–Crippen LogP) is 5.01. The number of anilines is 1. The smallest absolute Gasteiger partial charge is 0.126 e. The lowest BCUT2D eigenvalue weighted by Gasteiger charge is -2.22. The van der Waals surface area contributed by atoms with Crippen LogP contribution >= 0.6 is 0 Å². The van der Waals surface area contributed by atoms with Gasteiger partial charge in [0.2, 0.25) is 0 Å². The highest BCUT2D eigenvalue weighted by Crippen LogP contribution is 2.32. The number of nitrogens with one attached hydrogen (secondary N) is 1. The normalized spacial score (nSPS) is 12.0. The molecule has 0 aliphatic carbocycles. The third kappa shape index (κ3) is 3.35. The van der Waals surface area contributed by atoms with Crippen molar-refractivity contribution in [1.29, 1.82) is 0 Å². The molecule has 0 amide bonds. The van der Waals surface area contributed by atoms with Crippen LogP contribution in [-0.4, -0.2) is 7.11 Å². The molecule has 2 nitrogen and oxygen atoms in total. The summed E-state index contributed by atoms with van der Waals surface area (Å²) in [4.78, 5) is 0. The number of methoxy groups -OCH3 is 1. The lowest BCUT2D eigenvalue weighted by molar-refractivity contribution is 0.409. The van der Waals surface area contributed by atoms with Gasteiger partial charge in [0.15, 0.2) is 0 Å². The highest BCUT2D eigenvalue weighted by Gasteiger charge is 2.13. The summed E-state index contributed by atoms with van der Waals surface area (Å²) in [6.45, 7) is 6.15. The van der Waals surface area contributed by atoms with Gasteiger partial charge in [-0.3, -0.25) is 0 Å². The van der Waals surface area contributed by atoms with Crippen molar-refractivity contribution in [1.82, 2.24) is 0 Å². The number of rotatable bonds is 5. The van der Waals surface area contributed by atoms with E-state index in [2.05, 4.69) is 18.3 Å². The minimum absolute atomic E-state index is 0.0758. The summed E-state index contributed by atoms with van der Waals surface area (Å²) < 4.78 is 18.9. The molecule has 0 aliphatic heterocycles. The van der Waals surface area contributed by atoms with Crippen LogP contribution in [0.1, 0.15) is 36.1 Å². The SMILES string of the molecule is CCC(Nc1ccc(C)c(OC)c1C)c1cccc(F)c1. The molecule has 2 aromatic rings. The standard InChI is InChI=1S/C18H22FNO/c1-5-16(14-7-6-8-15(19)11-14)20-17-10-9-12(2)18(21-4)13(17)3/h6-11,16,20H,5H2,1-4H3. The van der Waals surface area contributed by atoms with Gasteiger partial charge in [0.25, 0.3) is 0 Å². The van der Waals surface area contributed by atoms with Crippen LogP contribution in [0.3, 0.4) is 0 Å². The molecule has 0 saturated carbocycles. The van der Waals surface area contributed by atoms with E-state index in [1.54, 1.807) is 19.2 Å². The van der Waals surface area contributed by atoms with Crippen LogP contribution in [0.5, 0.6) is 5.75 Å². The summed E-state index contributed by atoms with van der Waals surface area (Å²) in [5.74, 6) is 0.694. The van der Waals surface area contributed by atoms with Gasteiger partial charge in [-0.05, 0) is 49.6 Å². The monoisotopic (exact) mass is 287 g/mol. The van der Waals surface area contributed by atoms with Crippen molar-refractivity contribution in [2.24, 2.45) is 0 Å². The molecule has 1 atom stereocenters. The molecular formula is C18H22FNO. The molecule has 1 N–H and O–H groups in total. The Morgan fingerprint density at radius 2 is 1.95 bits per heavy atom. The van der Waals surface area contributed by atoms with Crippen LogP contribution < -0.4 is 10.1 Å². The summed E-state index contributed by atoms with van der Waals surface area (Å²) >= 11 is 0. The number of hydrogen-bond acceptors (Lipinski definition) is 2. The van der Waals surface area contributed by atoms with E-state index in [4.69, 9.17) is 4.74 Å². The van der Waals surface area contributed by atoms with Crippen LogP contribution in [0.2, 0.25) is 0 Å². The summed E-state index contributed by atoms with van der Waals surface area (Å²) in [6, 6.07) is 10.9. The number of aryl methyl sites for hydroxylation is 1. The fourth-order valence-corrected chi connectivity index (χ4v) is 2.63. The number of hydrogen-bond donors (Lipinski definition) is 1. The maximum absolute atomic E-state index is 13.4. The van der Waals surface area contributed by atoms with E-state index in [1.807, 2.05) is 26.0 Å². The van der Waals surface area contributed by atoms with E-state index in [0.717, 1.165) is 34.5 Å². The summed E-state index contributed by atoms with van der Waals surface area (Å²) in [5.41, 5.74) is 4.16. The molecular weight excluding hydrogens is 265 g/mol. The number of ether oxygens (including phenoxy) is 1. The van der Waals surface area contributed by atoms with Gasteiger partial charge in [0.1, 0.15) is 11.6 Å². The molecule has 0 bridgehead atoms. The van der Waals surface area contributed by atoms with Crippen molar-refractivity contribution in [2.75, 3.05) is 12.4 Å². The lowest BCUT2D eigenvalue weighted by Crippen LogP contribution is -2.11. The van der Waals surface area contributed by atoms with Crippen molar-refractivity contribution in [3.05, 3.63) is 58.9 Å². The lowest BCUT2D eigenvalue weighted by atomic mass is 10.0. The second kappa shape index (κ2) is 6.61. The Labute approximate surface area is 126 Å². The van der Waals surface area contributed by atoms with Crippen molar-refractivity contribution in [2.45, 2.75) is 33.2 Å². The molecule has 0 saturated heterocycles. The average Bonchev–Trinajstić information content (AvgIpc) is 2.47. The zero-order chi connectivity index (χ0) is 15.4. The molecule has 112 valence electrons. The van der Waals surface area contributed by atoms with Gasteiger partial charge >= 0.3 is 0 Å². The molecule has 0 heterocycles. The first-order valence-electron chi connectivity index (χ1n) is 7.23. The molecule has 0 aliphatic rings. The Hall–Kier alpha value is -2.03. The molecule has 0 spiro atoms. The Morgan fingerprint density at radius 1 is 1.19 bits per heavy atom. The van der Waals surface area contributed by atoms with Gasteiger partial charge in [-0.1, -0.05) is 25.1 Å². The molecule has 0 fully saturated rings. The Kier molecular flexibility index (Phi) is 4.84. The molecule has 1 unspecified atom stereocenters. The zero-order valence-electron chi connectivity index (χ0n) is 13.0. The molecule has 0 aromatic heterocycles. The van der Waals surface area contributed by atoms with E-state index in [0.29, 0.717) is 0 Å². The van der Waals surface area contributed by atoms with E-state index < -0.39 is 0 Å². The predicted molar refractivity (Wildman–Crippen MR) is 85.5 cm³/mol. The topological polar surface area (TPSA) is 21.3 Å². The van der Waals surface area contributed by atoms with E-state index in [-0.39, 0.29) is 11.9 Å². The van der Waals surface area contributed by atoms with Crippen molar-refractivity contribution in [3.8, 4) is 5.75 Å². The number of benzene rings is 2. The molecule has 2 aromatic carbocycles. The van der Waals surface area contributed by atoms with Gasteiger partial charge in [0.05, 0.1) is 13.2 Å².